The van der Waals surface area contributed by atoms with Crippen molar-refractivity contribution in [1.29, 1.82) is 0 Å². The highest BCUT2D eigenvalue weighted by Gasteiger charge is 2.00. The number of hydrogen-bond acceptors (Lipinski definition) is 1. The molecule has 0 aliphatic heterocycles. The first kappa shape index (κ1) is 10.1. The predicted octanol–water partition coefficient (Wildman–Crippen LogP) is 3.30. The lowest BCUT2D eigenvalue weighted by atomic mass is 10.1. The van der Waals surface area contributed by atoms with Crippen LogP contribution < -0.4 is 4.74 Å². The maximum absolute atomic E-state index is 5.73. The van der Waals surface area contributed by atoms with Crippen molar-refractivity contribution in [1.82, 2.24) is 0 Å². The minimum absolute atomic E-state index is 0.660. The number of benzene rings is 1. The Labute approximate surface area is 84.0 Å². The lowest BCUT2D eigenvalue weighted by Crippen LogP contribution is -1.91. The minimum Gasteiger partial charge on any atom is -0.497 e. The fourth-order valence-corrected chi connectivity index (χ4v) is 1.34. The average molecular weight is 197 g/mol. The molecule has 0 N–H and O–H groups in total. The molecule has 70 valence electrons. The van der Waals surface area contributed by atoms with Crippen LogP contribution in [-0.4, -0.2) is 7.11 Å². The average Bonchev–Trinajstić information content (AvgIpc) is 2.08. The molecule has 1 aromatic carbocycles. The van der Waals surface area contributed by atoms with Gasteiger partial charge in [0.1, 0.15) is 5.75 Å². The van der Waals surface area contributed by atoms with Crippen LogP contribution in [0.4, 0.5) is 0 Å². The van der Waals surface area contributed by atoms with Crippen LogP contribution in [0.15, 0.2) is 29.8 Å². The van der Waals surface area contributed by atoms with Gasteiger partial charge < -0.3 is 4.74 Å². The topological polar surface area (TPSA) is 9.23 Å². The van der Waals surface area contributed by atoms with Crippen LogP contribution >= 0.6 is 11.6 Å². The molecule has 0 spiro atoms. The highest BCUT2D eigenvalue weighted by Crippen LogP contribution is 2.19. The molecule has 1 nitrogen and oxygen atoms in total. The molecule has 0 amide bonds. The Hall–Kier alpha value is -0.950. The van der Waals surface area contributed by atoms with E-state index in [1.165, 1.54) is 11.1 Å². The third kappa shape index (κ3) is 2.78. The van der Waals surface area contributed by atoms with Gasteiger partial charge in [-0.15, -0.1) is 0 Å². The zero-order chi connectivity index (χ0) is 9.84. The molecule has 0 bridgehead atoms. The summed E-state index contributed by atoms with van der Waals surface area (Å²) in [5.41, 5.74) is 2.38. The van der Waals surface area contributed by atoms with Gasteiger partial charge in [-0.1, -0.05) is 24.2 Å². The largest absolute Gasteiger partial charge is 0.497 e. The van der Waals surface area contributed by atoms with Gasteiger partial charge in [0.2, 0.25) is 0 Å². The van der Waals surface area contributed by atoms with Crippen LogP contribution in [-0.2, 0) is 6.42 Å². The van der Waals surface area contributed by atoms with E-state index in [-0.39, 0.29) is 0 Å². The van der Waals surface area contributed by atoms with Crippen molar-refractivity contribution < 1.29 is 4.74 Å². The van der Waals surface area contributed by atoms with Gasteiger partial charge in [0.15, 0.2) is 0 Å². The summed E-state index contributed by atoms with van der Waals surface area (Å²) in [6.07, 6.45) is 0.720. The quantitative estimate of drug-likeness (QED) is 0.721. The summed E-state index contributed by atoms with van der Waals surface area (Å²) in [6.45, 7) is 5.71. The van der Waals surface area contributed by atoms with Crippen molar-refractivity contribution in [2.24, 2.45) is 0 Å². The number of aryl methyl sites for hydroxylation is 1. The van der Waals surface area contributed by atoms with Crippen molar-refractivity contribution in [3.63, 3.8) is 0 Å². The second-order valence-corrected chi connectivity index (χ2v) is 3.52. The molecule has 0 aliphatic rings. The summed E-state index contributed by atoms with van der Waals surface area (Å²) >= 11 is 5.73. The number of ether oxygens (including phenoxy) is 1. The Morgan fingerprint density at radius 3 is 2.69 bits per heavy atom. The number of allylic oxidation sites excluding steroid dienone is 1. The van der Waals surface area contributed by atoms with Gasteiger partial charge in [-0.25, -0.2) is 0 Å². The smallest absolute Gasteiger partial charge is 0.119 e. The fourth-order valence-electron chi connectivity index (χ4n) is 1.20. The van der Waals surface area contributed by atoms with Crippen LogP contribution in [0, 0.1) is 6.92 Å². The molecule has 13 heavy (non-hydrogen) atoms. The van der Waals surface area contributed by atoms with Gasteiger partial charge in [0.05, 0.1) is 7.11 Å². The Morgan fingerprint density at radius 1 is 1.54 bits per heavy atom. The predicted molar refractivity (Wildman–Crippen MR) is 56.4 cm³/mol. The van der Waals surface area contributed by atoms with E-state index in [0.717, 1.165) is 12.2 Å². The van der Waals surface area contributed by atoms with Crippen molar-refractivity contribution in [3.8, 4) is 5.75 Å². The van der Waals surface area contributed by atoms with E-state index in [1.54, 1.807) is 7.11 Å². The Kier molecular flexibility index (Phi) is 3.38. The van der Waals surface area contributed by atoms with E-state index in [2.05, 4.69) is 6.58 Å². The third-order valence-electron chi connectivity index (χ3n) is 1.93. The molecule has 2 heteroatoms. The molecular formula is C11H13ClO. The maximum Gasteiger partial charge on any atom is 0.119 e. The highest BCUT2D eigenvalue weighted by atomic mass is 35.5. The van der Waals surface area contributed by atoms with E-state index >= 15 is 0 Å². The first-order valence-corrected chi connectivity index (χ1v) is 4.48. The molecule has 0 unspecified atom stereocenters. The Bertz CT molecular complexity index is 318. The van der Waals surface area contributed by atoms with Gasteiger partial charge in [0.25, 0.3) is 0 Å². The highest BCUT2D eigenvalue weighted by molar-refractivity contribution is 6.29. The molecule has 1 aromatic rings. The lowest BCUT2D eigenvalue weighted by molar-refractivity contribution is 0.414. The summed E-state index contributed by atoms with van der Waals surface area (Å²) in [5.74, 6) is 0.876. The van der Waals surface area contributed by atoms with E-state index in [9.17, 15) is 0 Å². The molecule has 0 aromatic heterocycles. The first-order valence-electron chi connectivity index (χ1n) is 4.10. The number of rotatable bonds is 3. The summed E-state index contributed by atoms with van der Waals surface area (Å²) in [6, 6.07) is 5.94. The van der Waals surface area contributed by atoms with Crippen LogP contribution in [0.3, 0.4) is 0 Å². The van der Waals surface area contributed by atoms with Crippen LogP contribution in [0.25, 0.3) is 0 Å². The molecule has 0 fully saturated rings. The van der Waals surface area contributed by atoms with Crippen LogP contribution in [0.5, 0.6) is 5.75 Å². The summed E-state index contributed by atoms with van der Waals surface area (Å²) in [4.78, 5) is 0. The lowest BCUT2D eigenvalue weighted by Gasteiger charge is -2.06. The number of hydrogen-bond donors (Lipinski definition) is 0. The molecule has 1 rings (SSSR count). The molecule has 0 saturated carbocycles. The monoisotopic (exact) mass is 196 g/mol. The van der Waals surface area contributed by atoms with Crippen molar-refractivity contribution in [3.05, 3.63) is 40.9 Å². The molecule has 0 saturated heterocycles. The normalized spacial score (nSPS) is 9.77. The summed E-state index contributed by atoms with van der Waals surface area (Å²) in [5, 5.41) is 0.660. The third-order valence-corrected chi connectivity index (χ3v) is 2.07. The van der Waals surface area contributed by atoms with Gasteiger partial charge in [-0.2, -0.15) is 0 Å². The van der Waals surface area contributed by atoms with Crippen LogP contribution in [0.2, 0.25) is 0 Å². The van der Waals surface area contributed by atoms with E-state index in [4.69, 9.17) is 16.3 Å². The molecule has 0 atom stereocenters. The zero-order valence-corrected chi connectivity index (χ0v) is 8.69. The summed E-state index contributed by atoms with van der Waals surface area (Å²) in [7, 11) is 1.66. The second-order valence-electron chi connectivity index (χ2n) is 2.99. The van der Waals surface area contributed by atoms with Crippen molar-refractivity contribution >= 4 is 11.6 Å². The van der Waals surface area contributed by atoms with E-state index in [1.807, 2.05) is 25.1 Å². The standard InChI is InChI=1S/C11H13ClO/c1-8-6-11(13-3)5-4-10(8)7-9(2)12/h4-6H,2,7H2,1,3H3. The Balaban J connectivity index is 2.91. The number of methoxy groups -OCH3 is 1. The molecule has 0 heterocycles. The molecule has 0 radical (unpaired) electrons. The minimum atomic E-state index is 0.660. The van der Waals surface area contributed by atoms with E-state index in [0.29, 0.717) is 5.03 Å². The molecular weight excluding hydrogens is 184 g/mol. The maximum atomic E-state index is 5.73. The second kappa shape index (κ2) is 4.33. The number of halogens is 1. The first-order chi connectivity index (χ1) is 6.13. The molecule has 0 aliphatic carbocycles. The van der Waals surface area contributed by atoms with Crippen molar-refractivity contribution in [2.45, 2.75) is 13.3 Å². The van der Waals surface area contributed by atoms with E-state index < -0.39 is 0 Å². The van der Waals surface area contributed by atoms with Gasteiger partial charge in [0, 0.05) is 11.5 Å². The van der Waals surface area contributed by atoms with Crippen LogP contribution in [0.1, 0.15) is 11.1 Å². The van der Waals surface area contributed by atoms with Gasteiger partial charge in [-0.3, -0.25) is 0 Å². The SMILES string of the molecule is C=C(Cl)Cc1ccc(OC)cc1C. The van der Waals surface area contributed by atoms with Gasteiger partial charge >= 0.3 is 0 Å². The summed E-state index contributed by atoms with van der Waals surface area (Å²) < 4.78 is 5.10. The Morgan fingerprint density at radius 2 is 2.23 bits per heavy atom. The van der Waals surface area contributed by atoms with Gasteiger partial charge in [-0.05, 0) is 30.2 Å². The van der Waals surface area contributed by atoms with Crippen molar-refractivity contribution in [2.75, 3.05) is 7.11 Å². The fraction of sp³-hybridized carbons (Fsp3) is 0.273. The zero-order valence-electron chi connectivity index (χ0n) is 7.93.